The van der Waals surface area contributed by atoms with Crippen molar-refractivity contribution in [3.8, 4) is 0 Å². The first kappa shape index (κ1) is 10.4. The van der Waals surface area contributed by atoms with E-state index < -0.39 is 0 Å². The summed E-state index contributed by atoms with van der Waals surface area (Å²) in [6.07, 6.45) is 4.18. The first-order valence-corrected chi connectivity index (χ1v) is 3.70. The van der Waals surface area contributed by atoms with Crippen LogP contribution in [0.2, 0.25) is 0 Å². The van der Waals surface area contributed by atoms with Crippen LogP contribution in [0.1, 0.15) is 27.2 Å². The molecule has 0 aromatic heterocycles. The summed E-state index contributed by atoms with van der Waals surface area (Å²) in [6.45, 7) is 5.51. The fraction of sp³-hybridized carbons (Fsp3) is 0.667. The molecule has 0 aliphatic rings. The van der Waals surface area contributed by atoms with E-state index in [4.69, 9.17) is 4.74 Å². The predicted molar refractivity (Wildman–Crippen MR) is 45.5 cm³/mol. The molecule has 0 N–H and O–H groups in total. The summed E-state index contributed by atoms with van der Waals surface area (Å²) >= 11 is 0. The van der Waals surface area contributed by atoms with Gasteiger partial charge in [-0.25, -0.2) is 0 Å². The lowest BCUT2D eigenvalue weighted by atomic mass is 10.1. The molecule has 0 atom stereocenters. The summed E-state index contributed by atoms with van der Waals surface area (Å²) in [7, 11) is 1.67. The van der Waals surface area contributed by atoms with E-state index in [1.807, 2.05) is 19.9 Å². The fourth-order valence-corrected chi connectivity index (χ4v) is 0.592. The normalized spacial score (nSPS) is 12.4. The lowest BCUT2D eigenvalue weighted by molar-refractivity contribution is -0.112. The van der Waals surface area contributed by atoms with Crippen LogP contribution in [-0.2, 0) is 9.53 Å². The van der Waals surface area contributed by atoms with Crippen molar-refractivity contribution in [2.24, 2.45) is 0 Å². The molecule has 2 nitrogen and oxygen atoms in total. The van der Waals surface area contributed by atoms with Crippen LogP contribution >= 0.6 is 0 Å². The Balaban J connectivity index is 3.78. The van der Waals surface area contributed by atoms with Crippen LogP contribution in [-0.4, -0.2) is 18.5 Å². The van der Waals surface area contributed by atoms with Crippen LogP contribution in [0, 0.1) is 0 Å². The summed E-state index contributed by atoms with van der Waals surface area (Å²) in [4.78, 5) is 10.5. The third-order valence-electron chi connectivity index (χ3n) is 1.51. The van der Waals surface area contributed by atoms with Crippen LogP contribution in [0.25, 0.3) is 0 Å². The molecule has 0 aromatic carbocycles. The topological polar surface area (TPSA) is 26.3 Å². The Bertz CT molecular complexity index is 157. The summed E-state index contributed by atoms with van der Waals surface area (Å²) in [5.41, 5.74) is -0.161. The maximum absolute atomic E-state index is 10.5. The molecule has 64 valence electrons. The molecule has 0 bridgehead atoms. The average Bonchev–Trinajstić information content (AvgIpc) is 1.87. The van der Waals surface area contributed by atoms with E-state index in [9.17, 15) is 4.79 Å². The van der Waals surface area contributed by atoms with Crippen molar-refractivity contribution in [2.45, 2.75) is 32.8 Å². The quantitative estimate of drug-likeness (QED) is 0.581. The zero-order valence-corrected chi connectivity index (χ0v) is 7.68. The van der Waals surface area contributed by atoms with Gasteiger partial charge >= 0.3 is 0 Å². The van der Waals surface area contributed by atoms with Crippen molar-refractivity contribution in [1.29, 1.82) is 0 Å². The second-order valence-corrected chi connectivity index (χ2v) is 3.18. The van der Waals surface area contributed by atoms with Crippen LogP contribution < -0.4 is 0 Å². The third-order valence-corrected chi connectivity index (χ3v) is 1.51. The van der Waals surface area contributed by atoms with Gasteiger partial charge in [0.05, 0.1) is 5.60 Å². The molecule has 2 heteroatoms. The minimum atomic E-state index is -0.161. The fourth-order valence-electron chi connectivity index (χ4n) is 0.592. The minimum Gasteiger partial charge on any atom is -0.378 e. The lowest BCUT2D eigenvalue weighted by Crippen LogP contribution is -2.20. The molecule has 0 saturated heterocycles. The summed E-state index contributed by atoms with van der Waals surface area (Å²) in [5.74, 6) is 0.0805. The van der Waals surface area contributed by atoms with Gasteiger partial charge in [0.1, 0.15) is 0 Å². The van der Waals surface area contributed by atoms with Crippen LogP contribution in [0.4, 0.5) is 0 Å². The van der Waals surface area contributed by atoms with Crippen LogP contribution in [0.5, 0.6) is 0 Å². The first-order valence-electron chi connectivity index (χ1n) is 3.70. The molecular formula is C9H16O2. The Morgan fingerprint density at radius 3 is 2.45 bits per heavy atom. The van der Waals surface area contributed by atoms with Crippen LogP contribution in [0.3, 0.4) is 0 Å². The number of hydrogen-bond donors (Lipinski definition) is 0. The van der Waals surface area contributed by atoms with Crippen LogP contribution in [0.15, 0.2) is 12.2 Å². The predicted octanol–water partition coefficient (Wildman–Crippen LogP) is 1.95. The van der Waals surface area contributed by atoms with Crippen molar-refractivity contribution in [1.82, 2.24) is 0 Å². The molecule has 11 heavy (non-hydrogen) atoms. The minimum absolute atomic E-state index is 0.0805. The van der Waals surface area contributed by atoms with Gasteiger partial charge in [-0.2, -0.15) is 0 Å². The van der Waals surface area contributed by atoms with E-state index in [-0.39, 0.29) is 11.4 Å². The van der Waals surface area contributed by atoms with Gasteiger partial charge in [-0.05, 0) is 33.3 Å². The number of hydrogen-bond acceptors (Lipinski definition) is 2. The molecule has 0 radical (unpaired) electrons. The van der Waals surface area contributed by atoms with E-state index >= 15 is 0 Å². The van der Waals surface area contributed by atoms with Gasteiger partial charge in [-0.15, -0.1) is 0 Å². The molecule has 0 aliphatic carbocycles. The second kappa shape index (κ2) is 4.29. The molecule has 0 aliphatic heterocycles. The number of ether oxygens (including phenoxy) is 1. The highest BCUT2D eigenvalue weighted by atomic mass is 16.5. The highest BCUT2D eigenvalue weighted by molar-refractivity contribution is 5.87. The molecule has 0 rings (SSSR count). The Labute approximate surface area is 68.2 Å². The zero-order chi connectivity index (χ0) is 8.91. The number of allylic oxidation sites excluding steroid dienone is 1. The first-order chi connectivity index (χ1) is 4.98. The smallest absolute Gasteiger partial charge is 0.152 e. The van der Waals surface area contributed by atoms with E-state index in [2.05, 4.69) is 0 Å². The van der Waals surface area contributed by atoms with Crippen molar-refractivity contribution >= 4 is 5.78 Å². The highest BCUT2D eigenvalue weighted by Crippen LogP contribution is 2.12. The van der Waals surface area contributed by atoms with Gasteiger partial charge in [0.2, 0.25) is 0 Å². The maximum atomic E-state index is 10.5. The average molecular weight is 156 g/mol. The molecule has 0 unspecified atom stereocenters. The molecular weight excluding hydrogens is 140 g/mol. The highest BCUT2D eigenvalue weighted by Gasteiger charge is 2.12. The SMILES string of the molecule is COC(C)(C)C/C=C/C(C)=O. The van der Waals surface area contributed by atoms with Gasteiger partial charge in [-0.3, -0.25) is 4.79 Å². The number of rotatable bonds is 4. The Morgan fingerprint density at radius 2 is 2.09 bits per heavy atom. The standard InChI is InChI=1S/C9H16O2/c1-8(10)6-5-7-9(2,3)11-4/h5-6H,7H2,1-4H3/b6-5+. The molecule has 0 amide bonds. The van der Waals surface area contributed by atoms with Gasteiger partial charge in [0, 0.05) is 7.11 Å². The molecule has 0 aromatic rings. The monoisotopic (exact) mass is 156 g/mol. The van der Waals surface area contributed by atoms with Crippen molar-refractivity contribution in [2.75, 3.05) is 7.11 Å². The molecule has 0 fully saturated rings. The molecule has 0 spiro atoms. The van der Waals surface area contributed by atoms with Gasteiger partial charge in [0.25, 0.3) is 0 Å². The lowest BCUT2D eigenvalue weighted by Gasteiger charge is -2.20. The summed E-state index contributed by atoms with van der Waals surface area (Å²) in [5, 5.41) is 0. The number of carbonyl (C=O) groups excluding carboxylic acids is 1. The summed E-state index contributed by atoms with van der Waals surface area (Å²) < 4.78 is 5.16. The third kappa shape index (κ3) is 5.80. The molecule has 0 heterocycles. The maximum Gasteiger partial charge on any atom is 0.152 e. The number of methoxy groups -OCH3 is 1. The van der Waals surface area contributed by atoms with E-state index in [1.165, 1.54) is 6.92 Å². The summed E-state index contributed by atoms with van der Waals surface area (Å²) in [6, 6.07) is 0. The van der Waals surface area contributed by atoms with Gasteiger partial charge in [0.15, 0.2) is 5.78 Å². The van der Waals surface area contributed by atoms with E-state index in [0.29, 0.717) is 0 Å². The Hall–Kier alpha value is -0.630. The largest absolute Gasteiger partial charge is 0.378 e. The van der Waals surface area contributed by atoms with Gasteiger partial charge in [-0.1, -0.05) is 6.08 Å². The van der Waals surface area contributed by atoms with Crippen molar-refractivity contribution in [3.05, 3.63) is 12.2 Å². The van der Waals surface area contributed by atoms with Gasteiger partial charge < -0.3 is 4.74 Å². The second-order valence-electron chi connectivity index (χ2n) is 3.18. The van der Waals surface area contributed by atoms with Crippen molar-refractivity contribution in [3.63, 3.8) is 0 Å². The zero-order valence-electron chi connectivity index (χ0n) is 7.68. The van der Waals surface area contributed by atoms with E-state index in [1.54, 1.807) is 13.2 Å². The van der Waals surface area contributed by atoms with Crippen molar-refractivity contribution < 1.29 is 9.53 Å². The Morgan fingerprint density at radius 1 is 1.55 bits per heavy atom. The number of carbonyl (C=O) groups is 1. The Kier molecular flexibility index (Phi) is 4.04. The van der Waals surface area contributed by atoms with E-state index in [0.717, 1.165) is 6.42 Å². The molecule has 0 saturated carbocycles. The number of ketones is 1.